The lowest BCUT2D eigenvalue weighted by atomic mass is 10.1. The van der Waals surface area contributed by atoms with E-state index in [4.69, 9.17) is 15.7 Å². The number of ether oxygens (including phenoxy) is 1. The number of aryl methyl sites for hydroxylation is 2. The standard InChI is InChI=1S/C27H23F3N4O3.C19H20N4O/c1-16-9-10-20-22(13-16)32-24(21-7-2-3-8-23(21)35)33-25(20)34-12-11-18(15-34)31-26(36)17-5-4-6-19(14-17)37-27(28,29)30;1-12-6-7-14-16(10-12)21-18(15-4-2-3-5-17(15)24)22-19(14)23-9-8-13(20)11-23/h2-10,13-14,18,35H,11-12,15H2,1H3,(H,31,36);2-7,10,13,24H,8-9,11,20H2,1H3/t18-;13-/m11/s1. The molecule has 0 radical (unpaired) electrons. The third-order valence-corrected chi connectivity index (χ3v) is 10.6. The van der Waals surface area contributed by atoms with Crippen molar-refractivity contribution < 1.29 is 32.9 Å². The van der Waals surface area contributed by atoms with Crippen LogP contribution in [0.25, 0.3) is 44.6 Å². The Morgan fingerprint density at radius 2 is 1.25 bits per heavy atom. The van der Waals surface area contributed by atoms with Crippen molar-refractivity contribution >= 4 is 39.3 Å². The summed E-state index contributed by atoms with van der Waals surface area (Å²) in [5.74, 6) is 1.83. The number of anilines is 2. The fraction of sp³-hybridized carbons (Fsp3) is 0.239. The number of alkyl halides is 3. The summed E-state index contributed by atoms with van der Waals surface area (Å²) >= 11 is 0. The fourth-order valence-corrected chi connectivity index (χ4v) is 7.65. The molecule has 0 aliphatic carbocycles. The van der Waals surface area contributed by atoms with E-state index >= 15 is 0 Å². The van der Waals surface area contributed by atoms with E-state index in [2.05, 4.69) is 43.1 Å². The second-order valence-electron chi connectivity index (χ2n) is 15.3. The lowest BCUT2D eigenvalue weighted by molar-refractivity contribution is -0.274. The molecule has 0 saturated carbocycles. The number of carbonyl (C=O) groups is 1. The van der Waals surface area contributed by atoms with E-state index in [0.29, 0.717) is 48.1 Å². The number of rotatable bonds is 7. The van der Waals surface area contributed by atoms with Crippen LogP contribution in [0.1, 0.15) is 34.3 Å². The number of phenolic OH excluding ortho intramolecular Hbond substituents is 2. The van der Waals surface area contributed by atoms with Gasteiger partial charge in [-0.15, -0.1) is 13.2 Å². The van der Waals surface area contributed by atoms with Gasteiger partial charge in [-0.3, -0.25) is 4.79 Å². The molecule has 12 nitrogen and oxygen atoms in total. The van der Waals surface area contributed by atoms with Gasteiger partial charge in [0.05, 0.1) is 22.2 Å². The molecule has 15 heteroatoms. The van der Waals surface area contributed by atoms with Gasteiger partial charge in [-0.05, 0) is 105 Å². The number of aromatic hydroxyl groups is 2. The summed E-state index contributed by atoms with van der Waals surface area (Å²) in [7, 11) is 0. The maximum atomic E-state index is 12.8. The predicted molar refractivity (Wildman–Crippen MR) is 229 cm³/mol. The number of nitrogens with two attached hydrogens (primary N) is 1. The molecule has 61 heavy (non-hydrogen) atoms. The first kappa shape index (κ1) is 40.8. The van der Waals surface area contributed by atoms with Gasteiger partial charge in [-0.1, -0.05) is 42.5 Å². The highest BCUT2D eigenvalue weighted by Gasteiger charge is 2.32. The summed E-state index contributed by atoms with van der Waals surface area (Å²) in [6, 6.07) is 31.0. The summed E-state index contributed by atoms with van der Waals surface area (Å²) in [6.07, 6.45) is -3.26. The molecular weight excluding hydrogens is 786 g/mol. The molecule has 5 N–H and O–H groups in total. The number of hydrogen-bond donors (Lipinski definition) is 4. The van der Waals surface area contributed by atoms with Crippen molar-refractivity contribution in [2.24, 2.45) is 5.73 Å². The quantitative estimate of drug-likeness (QED) is 0.123. The molecule has 9 rings (SSSR count). The van der Waals surface area contributed by atoms with Crippen molar-refractivity contribution in [3.05, 3.63) is 126 Å². The molecular formula is C46H43F3N8O4. The van der Waals surface area contributed by atoms with Crippen LogP contribution in [0.15, 0.2) is 109 Å². The maximum Gasteiger partial charge on any atom is 0.573 e. The van der Waals surface area contributed by atoms with Crippen LogP contribution in [0.5, 0.6) is 17.2 Å². The van der Waals surface area contributed by atoms with Crippen molar-refractivity contribution in [3.63, 3.8) is 0 Å². The van der Waals surface area contributed by atoms with Gasteiger partial charge in [0.1, 0.15) is 28.9 Å². The Kier molecular flexibility index (Phi) is 11.3. The highest BCUT2D eigenvalue weighted by molar-refractivity contribution is 5.95. The van der Waals surface area contributed by atoms with E-state index < -0.39 is 18.0 Å². The number of nitrogens with one attached hydrogen (secondary N) is 1. The summed E-state index contributed by atoms with van der Waals surface area (Å²) in [5, 5.41) is 25.3. The largest absolute Gasteiger partial charge is 0.573 e. The molecule has 1 amide bonds. The minimum Gasteiger partial charge on any atom is -0.507 e. The first-order valence-electron chi connectivity index (χ1n) is 19.8. The Balaban J connectivity index is 0.000000184. The van der Waals surface area contributed by atoms with Gasteiger partial charge in [0.2, 0.25) is 0 Å². The first-order valence-corrected chi connectivity index (χ1v) is 19.8. The van der Waals surface area contributed by atoms with E-state index in [1.165, 1.54) is 12.1 Å². The number of nitrogens with zero attached hydrogens (tertiary/aromatic N) is 6. The van der Waals surface area contributed by atoms with Crippen molar-refractivity contribution in [2.75, 3.05) is 36.0 Å². The Bertz CT molecular complexity index is 2750. The van der Waals surface area contributed by atoms with Crippen molar-refractivity contribution in [1.82, 2.24) is 25.3 Å². The van der Waals surface area contributed by atoms with Crippen molar-refractivity contribution in [2.45, 2.75) is 45.1 Å². The number of phenols is 2. The van der Waals surface area contributed by atoms with Gasteiger partial charge in [0.25, 0.3) is 5.91 Å². The molecule has 0 unspecified atom stereocenters. The van der Waals surface area contributed by atoms with Gasteiger partial charge in [0, 0.05) is 54.6 Å². The third-order valence-electron chi connectivity index (χ3n) is 10.6. The van der Waals surface area contributed by atoms with Gasteiger partial charge >= 0.3 is 6.36 Å². The number of amides is 1. The van der Waals surface area contributed by atoms with Crippen LogP contribution in [0.2, 0.25) is 0 Å². The lowest BCUT2D eigenvalue weighted by Gasteiger charge is -2.21. The van der Waals surface area contributed by atoms with E-state index in [0.717, 1.165) is 70.4 Å². The van der Waals surface area contributed by atoms with Crippen LogP contribution in [0, 0.1) is 13.8 Å². The number of fused-ring (bicyclic) bond motifs is 2. The number of carbonyl (C=O) groups excluding carboxylic acids is 1. The van der Waals surface area contributed by atoms with Crippen LogP contribution in [-0.4, -0.2) is 80.7 Å². The second kappa shape index (κ2) is 16.9. The zero-order chi connectivity index (χ0) is 42.8. The summed E-state index contributed by atoms with van der Waals surface area (Å²) in [6.45, 7) is 6.75. The molecule has 5 aromatic carbocycles. The van der Waals surface area contributed by atoms with Crippen LogP contribution in [-0.2, 0) is 0 Å². The van der Waals surface area contributed by atoms with Gasteiger partial charge in [0.15, 0.2) is 11.6 Å². The fourth-order valence-electron chi connectivity index (χ4n) is 7.65. The Morgan fingerprint density at radius 3 is 1.77 bits per heavy atom. The van der Waals surface area contributed by atoms with Crippen LogP contribution >= 0.6 is 0 Å². The summed E-state index contributed by atoms with van der Waals surface area (Å²) in [5.41, 5.74) is 11.1. The molecule has 0 bridgehead atoms. The number of hydrogen-bond acceptors (Lipinski definition) is 11. The highest BCUT2D eigenvalue weighted by Crippen LogP contribution is 2.35. The average Bonchev–Trinajstić information content (AvgIpc) is 3.88. The van der Waals surface area contributed by atoms with Gasteiger partial charge < -0.3 is 35.8 Å². The zero-order valence-corrected chi connectivity index (χ0v) is 33.4. The number of halogens is 3. The van der Waals surface area contributed by atoms with Gasteiger partial charge in [-0.2, -0.15) is 0 Å². The molecule has 2 saturated heterocycles. The highest BCUT2D eigenvalue weighted by atomic mass is 19.4. The zero-order valence-electron chi connectivity index (χ0n) is 33.4. The maximum absolute atomic E-state index is 12.8. The van der Waals surface area contributed by atoms with Crippen LogP contribution in [0.4, 0.5) is 24.8 Å². The Hall–Kier alpha value is -7.00. The third kappa shape index (κ3) is 9.26. The number of para-hydroxylation sites is 2. The topological polar surface area (TPSA) is 163 Å². The Morgan fingerprint density at radius 1 is 0.705 bits per heavy atom. The minimum atomic E-state index is -4.84. The van der Waals surface area contributed by atoms with E-state index in [9.17, 15) is 28.2 Å². The monoisotopic (exact) mass is 828 g/mol. The molecule has 312 valence electrons. The number of benzene rings is 5. The average molecular weight is 829 g/mol. The van der Waals surface area contributed by atoms with E-state index in [1.54, 1.807) is 36.4 Å². The Labute approximate surface area is 349 Å². The lowest BCUT2D eigenvalue weighted by Crippen LogP contribution is -2.37. The summed E-state index contributed by atoms with van der Waals surface area (Å²) in [4.78, 5) is 35.9. The molecule has 2 aliphatic heterocycles. The van der Waals surface area contributed by atoms with Crippen LogP contribution < -0.4 is 25.6 Å². The van der Waals surface area contributed by atoms with Crippen molar-refractivity contribution in [1.29, 1.82) is 0 Å². The number of aromatic nitrogens is 4. The molecule has 0 spiro atoms. The SMILES string of the molecule is Cc1ccc2c(N3CC[C@@H](N)C3)nc(-c3ccccc3O)nc2c1.Cc1ccc2c(N3CC[C@@H](NC(=O)c4cccc(OC(F)(F)F)c4)C3)nc(-c3ccccc3O)nc2c1. The second-order valence-corrected chi connectivity index (χ2v) is 15.3. The molecule has 2 fully saturated rings. The van der Waals surface area contributed by atoms with E-state index in [-0.39, 0.29) is 29.1 Å². The summed E-state index contributed by atoms with van der Waals surface area (Å²) < 4.78 is 41.6. The molecule has 2 aliphatic rings. The predicted octanol–water partition coefficient (Wildman–Crippen LogP) is 8.07. The molecule has 2 atom stereocenters. The smallest absolute Gasteiger partial charge is 0.507 e. The minimum absolute atomic E-state index is 0.0729. The van der Waals surface area contributed by atoms with Crippen LogP contribution in [0.3, 0.4) is 0 Å². The van der Waals surface area contributed by atoms with Crippen molar-refractivity contribution in [3.8, 4) is 40.0 Å². The normalized spacial score (nSPS) is 16.4. The molecule has 2 aromatic heterocycles. The first-order chi connectivity index (χ1) is 29.3. The molecule has 7 aromatic rings. The van der Waals surface area contributed by atoms with E-state index in [1.807, 2.05) is 49.1 Å². The molecule has 4 heterocycles. The van der Waals surface area contributed by atoms with Gasteiger partial charge in [-0.25, -0.2) is 19.9 Å².